The van der Waals surface area contributed by atoms with Crippen LogP contribution in [0, 0.1) is 11.3 Å². The Balaban J connectivity index is 1.39. The normalized spacial score (nSPS) is 10.5. The Morgan fingerprint density at radius 3 is 2.33 bits per heavy atom. The number of aryl methyl sites for hydroxylation is 1. The molecule has 6 heteroatoms. The van der Waals surface area contributed by atoms with Crippen LogP contribution in [0.4, 0.5) is 0 Å². The highest BCUT2D eigenvalue weighted by molar-refractivity contribution is 5.77. The van der Waals surface area contributed by atoms with Crippen molar-refractivity contribution in [3.05, 3.63) is 95.0 Å². The molecule has 0 radical (unpaired) electrons. The Bertz CT molecular complexity index is 1300. The molecular formula is C24H17N3O3. The first-order valence-corrected chi connectivity index (χ1v) is 9.39. The summed E-state index contributed by atoms with van der Waals surface area (Å²) < 4.78 is 6.79. The van der Waals surface area contributed by atoms with Gasteiger partial charge in [0.1, 0.15) is 5.75 Å². The maximum absolute atomic E-state index is 12.5. The van der Waals surface area contributed by atoms with Gasteiger partial charge in [-0.25, -0.2) is 4.98 Å². The second-order valence-corrected chi connectivity index (χ2v) is 6.70. The Hall–Kier alpha value is -4.24. The molecule has 0 unspecified atom stereocenters. The zero-order valence-corrected chi connectivity index (χ0v) is 16.0. The molecule has 0 aliphatic rings. The van der Waals surface area contributed by atoms with Gasteiger partial charge in [0.2, 0.25) is 0 Å². The molecule has 0 saturated carbocycles. The van der Waals surface area contributed by atoms with Crippen LogP contribution in [0.25, 0.3) is 22.0 Å². The summed E-state index contributed by atoms with van der Waals surface area (Å²) >= 11 is 0. The minimum atomic E-state index is -0.429. The smallest absolute Gasteiger partial charge is 0.312 e. The van der Waals surface area contributed by atoms with E-state index in [1.54, 1.807) is 42.5 Å². The van der Waals surface area contributed by atoms with Crippen LogP contribution in [0.3, 0.4) is 0 Å². The third-order valence-corrected chi connectivity index (χ3v) is 4.72. The van der Waals surface area contributed by atoms with E-state index in [1.165, 1.54) is 10.9 Å². The number of esters is 1. The van der Waals surface area contributed by atoms with Gasteiger partial charge in [0, 0.05) is 6.54 Å². The highest BCUT2D eigenvalue weighted by Crippen LogP contribution is 2.23. The molecule has 1 aromatic heterocycles. The number of nitriles is 1. The Labute approximate surface area is 172 Å². The van der Waals surface area contributed by atoms with E-state index < -0.39 is 5.97 Å². The van der Waals surface area contributed by atoms with Crippen LogP contribution < -0.4 is 10.3 Å². The second-order valence-electron chi connectivity index (χ2n) is 6.70. The molecule has 6 nitrogen and oxygen atoms in total. The van der Waals surface area contributed by atoms with E-state index in [-0.39, 0.29) is 18.5 Å². The first kappa shape index (κ1) is 19.1. The van der Waals surface area contributed by atoms with Crippen molar-refractivity contribution >= 4 is 16.9 Å². The maximum Gasteiger partial charge on any atom is 0.312 e. The molecule has 0 bridgehead atoms. The lowest BCUT2D eigenvalue weighted by Crippen LogP contribution is -2.23. The minimum Gasteiger partial charge on any atom is -0.426 e. The topological polar surface area (TPSA) is 85.0 Å². The van der Waals surface area contributed by atoms with Crippen LogP contribution in [0.5, 0.6) is 5.75 Å². The van der Waals surface area contributed by atoms with E-state index in [0.29, 0.717) is 22.2 Å². The second kappa shape index (κ2) is 8.41. The Morgan fingerprint density at radius 1 is 0.967 bits per heavy atom. The zero-order chi connectivity index (χ0) is 20.9. The number of benzene rings is 3. The van der Waals surface area contributed by atoms with E-state index in [0.717, 1.165) is 11.1 Å². The van der Waals surface area contributed by atoms with Gasteiger partial charge in [0.05, 0.1) is 35.3 Å². The number of hydrogen-bond acceptors (Lipinski definition) is 5. The van der Waals surface area contributed by atoms with Crippen molar-refractivity contribution in [3.8, 4) is 22.9 Å². The third kappa shape index (κ3) is 4.10. The van der Waals surface area contributed by atoms with Crippen molar-refractivity contribution in [3.63, 3.8) is 0 Å². The molecule has 0 fully saturated rings. The highest BCUT2D eigenvalue weighted by Gasteiger charge is 2.09. The number of carbonyl (C=O) groups is 1. The Morgan fingerprint density at radius 2 is 1.63 bits per heavy atom. The highest BCUT2D eigenvalue weighted by atomic mass is 16.5. The van der Waals surface area contributed by atoms with Crippen LogP contribution >= 0.6 is 0 Å². The summed E-state index contributed by atoms with van der Waals surface area (Å²) in [5.74, 6) is 0.00237. The van der Waals surface area contributed by atoms with Crippen LogP contribution in [0.2, 0.25) is 0 Å². The van der Waals surface area contributed by atoms with Gasteiger partial charge in [0.15, 0.2) is 0 Å². The van der Waals surface area contributed by atoms with E-state index in [4.69, 9.17) is 10.00 Å². The summed E-state index contributed by atoms with van der Waals surface area (Å²) in [7, 11) is 0. The molecule has 0 atom stereocenters. The van der Waals surface area contributed by atoms with Crippen molar-refractivity contribution in [2.45, 2.75) is 13.0 Å². The lowest BCUT2D eigenvalue weighted by atomic mass is 10.0. The van der Waals surface area contributed by atoms with Crippen LogP contribution in [0.1, 0.15) is 12.0 Å². The summed E-state index contributed by atoms with van der Waals surface area (Å²) in [4.78, 5) is 28.9. The summed E-state index contributed by atoms with van der Waals surface area (Å²) in [5, 5.41) is 9.40. The molecule has 0 amide bonds. The largest absolute Gasteiger partial charge is 0.426 e. The maximum atomic E-state index is 12.5. The Kier molecular flexibility index (Phi) is 5.35. The van der Waals surface area contributed by atoms with Crippen molar-refractivity contribution in [2.24, 2.45) is 0 Å². The molecule has 146 valence electrons. The van der Waals surface area contributed by atoms with Gasteiger partial charge in [-0.15, -0.1) is 0 Å². The number of nitrogens with zero attached hydrogens (tertiary/aromatic N) is 3. The third-order valence-electron chi connectivity index (χ3n) is 4.72. The zero-order valence-electron chi connectivity index (χ0n) is 16.0. The van der Waals surface area contributed by atoms with Crippen LogP contribution in [-0.4, -0.2) is 15.5 Å². The van der Waals surface area contributed by atoms with Gasteiger partial charge in [-0.05, 0) is 47.5 Å². The van der Waals surface area contributed by atoms with Gasteiger partial charge in [-0.2, -0.15) is 5.26 Å². The quantitative estimate of drug-likeness (QED) is 0.378. The molecule has 0 aliphatic heterocycles. The van der Waals surface area contributed by atoms with E-state index >= 15 is 0 Å². The lowest BCUT2D eigenvalue weighted by Gasteiger charge is -2.08. The number of ether oxygens (including phenoxy) is 1. The predicted molar refractivity (Wildman–Crippen MR) is 113 cm³/mol. The van der Waals surface area contributed by atoms with Crippen LogP contribution in [0.15, 0.2) is 83.9 Å². The van der Waals surface area contributed by atoms with Crippen molar-refractivity contribution in [2.75, 3.05) is 0 Å². The minimum absolute atomic E-state index is 0.0529. The summed E-state index contributed by atoms with van der Waals surface area (Å²) in [6.07, 6.45) is 1.50. The first-order chi connectivity index (χ1) is 14.6. The van der Waals surface area contributed by atoms with Gasteiger partial charge >= 0.3 is 5.97 Å². The van der Waals surface area contributed by atoms with E-state index in [2.05, 4.69) is 11.1 Å². The predicted octanol–water partition coefficient (Wildman–Crippen LogP) is 3.93. The van der Waals surface area contributed by atoms with E-state index in [9.17, 15) is 9.59 Å². The molecule has 0 N–H and O–H groups in total. The molecule has 4 aromatic rings. The molecule has 3 aromatic carbocycles. The molecule has 30 heavy (non-hydrogen) atoms. The molecule has 1 heterocycles. The van der Waals surface area contributed by atoms with Gasteiger partial charge in [-0.3, -0.25) is 14.2 Å². The van der Waals surface area contributed by atoms with E-state index in [1.807, 2.05) is 30.3 Å². The van der Waals surface area contributed by atoms with Crippen molar-refractivity contribution < 1.29 is 9.53 Å². The fourth-order valence-electron chi connectivity index (χ4n) is 3.11. The standard InChI is InChI=1S/C24H17N3O3/c25-15-17-5-7-18(8-6-17)19-9-11-20(12-10-19)30-23(28)13-14-27-16-26-22-4-2-1-3-21(22)24(27)29/h1-12,16H,13-14H2. The molecule has 4 rings (SSSR count). The number of para-hydroxylation sites is 1. The summed E-state index contributed by atoms with van der Waals surface area (Å²) in [6.45, 7) is 0.193. The molecule has 0 aliphatic carbocycles. The molecular weight excluding hydrogens is 378 g/mol. The lowest BCUT2D eigenvalue weighted by molar-refractivity contribution is -0.134. The number of fused-ring (bicyclic) bond motifs is 1. The fraction of sp³-hybridized carbons (Fsp3) is 0.0833. The number of carbonyl (C=O) groups excluding carboxylic acids is 1. The molecule has 0 spiro atoms. The SMILES string of the molecule is N#Cc1ccc(-c2ccc(OC(=O)CCn3cnc4ccccc4c3=O)cc2)cc1. The number of hydrogen-bond donors (Lipinski definition) is 0. The van der Waals surface area contributed by atoms with Gasteiger partial charge in [0.25, 0.3) is 5.56 Å². The summed E-state index contributed by atoms with van der Waals surface area (Å²) in [6, 6.07) is 23.6. The summed E-state index contributed by atoms with van der Waals surface area (Å²) in [5.41, 5.74) is 2.97. The van der Waals surface area contributed by atoms with Gasteiger partial charge in [-0.1, -0.05) is 36.4 Å². The average molecular weight is 395 g/mol. The molecule has 0 saturated heterocycles. The van der Waals surface area contributed by atoms with Crippen LogP contribution in [-0.2, 0) is 11.3 Å². The first-order valence-electron chi connectivity index (χ1n) is 9.39. The van der Waals surface area contributed by atoms with Crippen molar-refractivity contribution in [1.29, 1.82) is 5.26 Å². The van der Waals surface area contributed by atoms with Gasteiger partial charge < -0.3 is 4.74 Å². The van der Waals surface area contributed by atoms with Crippen molar-refractivity contribution in [1.82, 2.24) is 9.55 Å². The number of aromatic nitrogens is 2. The number of rotatable bonds is 5. The monoisotopic (exact) mass is 395 g/mol. The average Bonchev–Trinajstić information content (AvgIpc) is 2.79. The fourth-order valence-corrected chi connectivity index (χ4v) is 3.11.